The third kappa shape index (κ3) is 5.47. The van der Waals surface area contributed by atoms with Gasteiger partial charge in [0.25, 0.3) is 0 Å². The third-order valence-electron chi connectivity index (χ3n) is 6.78. The van der Waals surface area contributed by atoms with Crippen LogP contribution in [0.5, 0.6) is 0 Å². The van der Waals surface area contributed by atoms with Crippen molar-refractivity contribution < 1.29 is 19.1 Å². The van der Waals surface area contributed by atoms with E-state index in [1.165, 1.54) is 19.0 Å². The second kappa shape index (κ2) is 12.6. The van der Waals surface area contributed by atoms with Gasteiger partial charge >= 0.3 is 11.9 Å². The van der Waals surface area contributed by atoms with Crippen LogP contribution in [-0.4, -0.2) is 51.7 Å². The average molecular weight is 565 g/mol. The minimum absolute atomic E-state index is 0.180. The van der Waals surface area contributed by atoms with Crippen LogP contribution in [0.4, 0.5) is 0 Å². The molecule has 0 saturated heterocycles. The molecule has 5 rings (SSSR count). The first-order valence-corrected chi connectivity index (χ1v) is 14.8. The summed E-state index contributed by atoms with van der Waals surface area (Å²) in [6, 6.07) is 37.5. The van der Waals surface area contributed by atoms with E-state index in [0.717, 1.165) is 21.5 Å². The summed E-state index contributed by atoms with van der Waals surface area (Å²) in [5.74, 6) is -0.967. The van der Waals surface area contributed by atoms with Crippen LogP contribution in [-0.2, 0) is 25.5 Å². The molecule has 0 saturated carbocycles. The second-order valence-corrected chi connectivity index (χ2v) is 12.5. The molecule has 0 fully saturated rings. The van der Waals surface area contributed by atoms with E-state index in [2.05, 4.69) is 15.4 Å². The second-order valence-electron chi connectivity index (χ2n) is 9.17. The van der Waals surface area contributed by atoms with Crippen LogP contribution >= 0.6 is 6.89 Å². The molecule has 0 spiro atoms. The largest absolute Gasteiger partial charge is 0.467 e. The maximum Gasteiger partial charge on any atom is 0.337 e. The molecule has 0 radical (unpaired) electrons. The summed E-state index contributed by atoms with van der Waals surface area (Å²) < 4.78 is 10.7. The van der Waals surface area contributed by atoms with Crippen LogP contribution in [0.3, 0.4) is 0 Å². The molecule has 0 aliphatic rings. The summed E-state index contributed by atoms with van der Waals surface area (Å²) in [6.45, 7) is -3.07. The van der Waals surface area contributed by atoms with Crippen LogP contribution in [0.25, 0.3) is 0 Å². The van der Waals surface area contributed by atoms with Crippen LogP contribution in [0.2, 0.25) is 0 Å². The monoisotopic (exact) mass is 564 g/mol. The van der Waals surface area contributed by atoms with Crippen molar-refractivity contribution in [2.75, 3.05) is 14.2 Å². The lowest BCUT2D eigenvalue weighted by atomic mass is 10.1. The molecule has 0 amide bonds. The number of nitrogens with zero attached hydrogens (tertiary/aromatic N) is 4. The Hall–Kier alpha value is -4.81. The van der Waals surface area contributed by atoms with Crippen molar-refractivity contribution in [2.45, 2.75) is 12.5 Å². The fourth-order valence-electron chi connectivity index (χ4n) is 5.00. The summed E-state index contributed by atoms with van der Waals surface area (Å²) in [6.07, 6.45) is 0.401. The Balaban J connectivity index is 1.89. The van der Waals surface area contributed by atoms with Gasteiger partial charge in [-0.1, -0.05) is 121 Å². The molecular formula is C32H29N4O4P. The van der Waals surface area contributed by atoms with Crippen molar-refractivity contribution in [3.63, 3.8) is 0 Å². The number of rotatable bonds is 9. The Morgan fingerprint density at radius 1 is 0.707 bits per heavy atom. The van der Waals surface area contributed by atoms with Gasteiger partial charge in [-0.05, 0) is 33.6 Å². The number of carbonyl (C=O) groups excluding carboxylic acids is 2. The topological polar surface area (TPSA) is 96.2 Å². The Labute approximate surface area is 238 Å². The highest BCUT2D eigenvalue weighted by atomic mass is 31.2. The van der Waals surface area contributed by atoms with Gasteiger partial charge in [-0.2, -0.15) is 0 Å². The van der Waals surface area contributed by atoms with Crippen LogP contribution in [0.1, 0.15) is 17.4 Å². The summed E-state index contributed by atoms with van der Waals surface area (Å²) in [4.78, 5) is 29.0. The minimum Gasteiger partial charge on any atom is -0.467 e. The van der Waals surface area contributed by atoms with E-state index in [1.54, 1.807) is 0 Å². The standard InChI is InChI=1S/C32H29N4O4P/c1-39-31(37)29(36-34-28(33-35-36)23-24-15-7-3-8-16-24)30(32(38)40-2)41(25-17-9-4-10-18-25,26-19-11-5-12-20-26)27-21-13-6-14-22-27/h3-22,29H,23H2,1-2H3. The number of tetrazole rings is 1. The maximum absolute atomic E-state index is 14.1. The molecule has 5 aromatic rings. The van der Waals surface area contributed by atoms with Crippen molar-refractivity contribution >= 4 is 40.0 Å². The average Bonchev–Trinajstić information content (AvgIpc) is 3.50. The van der Waals surface area contributed by atoms with Gasteiger partial charge in [-0.3, -0.25) is 0 Å². The van der Waals surface area contributed by atoms with Crippen molar-refractivity contribution in [2.24, 2.45) is 0 Å². The number of ether oxygens (including phenoxy) is 2. The molecule has 0 bridgehead atoms. The highest BCUT2D eigenvalue weighted by molar-refractivity contribution is 7.96. The SMILES string of the molecule is COC(=O)C(C(C(=O)OC)n1nnc(Cc2ccccc2)n1)=P(c1ccccc1)(c1ccccc1)c1ccccc1. The fourth-order valence-corrected chi connectivity index (χ4v) is 9.52. The zero-order chi connectivity index (χ0) is 28.7. The lowest BCUT2D eigenvalue weighted by molar-refractivity contribution is -0.144. The Kier molecular flexibility index (Phi) is 8.51. The quantitative estimate of drug-likeness (QED) is 0.200. The molecule has 1 unspecified atom stereocenters. The van der Waals surface area contributed by atoms with Crippen LogP contribution in [0.15, 0.2) is 121 Å². The first kappa shape index (κ1) is 27.7. The van der Waals surface area contributed by atoms with Gasteiger partial charge in [-0.25, -0.2) is 9.59 Å². The molecule has 0 aliphatic heterocycles. The maximum atomic E-state index is 14.1. The van der Waals surface area contributed by atoms with Crippen molar-refractivity contribution in [1.29, 1.82) is 0 Å². The zero-order valence-electron chi connectivity index (χ0n) is 22.7. The molecule has 0 N–H and O–H groups in total. The number of hydrogen-bond acceptors (Lipinski definition) is 7. The lowest BCUT2D eigenvalue weighted by Gasteiger charge is -2.33. The van der Waals surface area contributed by atoms with E-state index in [0.29, 0.717) is 12.2 Å². The minimum atomic E-state index is -3.07. The summed E-state index contributed by atoms with van der Waals surface area (Å²) >= 11 is 0. The van der Waals surface area contributed by atoms with Gasteiger partial charge in [-0.15, -0.1) is 15.0 Å². The number of hydrogen-bond donors (Lipinski definition) is 0. The Bertz CT molecular complexity index is 1570. The highest BCUT2D eigenvalue weighted by Gasteiger charge is 2.43. The molecule has 8 nitrogen and oxygen atoms in total. The van der Waals surface area contributed by atoms with Gasteiger partial charge in [0.2, 0.25) is 6.04 Å². The molecule has 4 aromatic carbocycles. The van der Waals surface area contributed by atoms with Gasteiger partial charge < -0.3 is 9.47 Å². The number of aromatic nitrogens is 4. The van der Waals surface area contributed by atoms with Gasteiger partial charge in [0, 0.05) is 6.42 Å². The van der Waals surface area contributed by atoms with Crippen molar-refractivity contribution in [1.82, 2.24) is 20.2 Å². The van der Waals surface area contributed by atoms with Gasteiger partial charge in [0.15, 0.2) is 5.82 Å². The van der Waals surface area contributed by atoms with Gasteiger partial charge in [0.1, 0.15) is 0 Å². The predicted molar refractivity (Wildman–Crippen MR) is 160 cm³/mol. The molecule has 1 aromatic heterocycles. The highest BCUT2D eigenvalue weighted by Crippen LogP contribution is 2.48. The number of methoxy groups -OCH3 is 2. The number of benzene rings is 4. The molecule has 9 heteroatoms. The Morgan fingerprint density at radius 2 is 1.17 bits per heavy atom. The summed E-state index contributed by atoms with van der Waals surface area (Å²) in [7, 11) is 2.58. The summed E-state index contributed by atoms with van der Waals surface area (Å²) in [5.41, 5.74) is 0.985. The van der Waals surface area contributed by atoms with E-state index in [-0.39, 0.29) is 5.29 Å². The first-order valence-electron chi connectivity index (χ1n) is 13.0. The first-order chi connectivity index (χ1) is 20.1. The zero-order valence-corrected chi connectivity index (χ0v) is 23.6. The lowest BCUT2D eigenvalue weighted by Crippen LogP contribution is -2.42. The normalized spacial score (nSPS) is 11.9. The molecule has 1 atom stereocenters. The Morgan fingerprint density at radius 3 is 1.61 bits per heavy atom. The van der Waals surface area contributed by atoms with E-state index >= 15 is 0 Å². The van der Waals surface area contributed by atoms with Crippen LogP contribution < -0.4 is 15.9 Å². The van der Waals surface area contributed by atoms with E-state index < -0.39 is 24.9 Å². The van der Waals surface area contributed by atoms with E-state index in [1.807, 2.05) is 121 Å². The molecule has 206 valence electrons. The molecule has 0 aliphatic carbocycles. The summed E-state index contributed by atoms with van der Waals surface area (Å²) in [5, 5.41) is 15.9. The molecular weight excluding hydrogens is 535 g/mol. The smallest absolute Gasteiger partial charge is 0.337 e. The van der Waals surface area contributed by atoms with Gasteiger partial charge in [0.05, 0.1) is 19.5 Å². The third-order valence-corrected chi connectivity index (χ3v) is 11.1. The predicted octanol–water partition coefficient (Wildman–Crippen LogP) is 3.32. The molecule has 1 heterocycles. The van der Waals surface area contributed by atoms with E-state index in [9.17, 15) is 9.59 Å². The molecule has 41 heavy (non-hydrogen) atoms. The number of carbonyl (C=O) groups is 2. The van der Waals surface area contributed by atoms with Crippen molar-refractivity contribution in [3.05, 3.63) is 133 Å². The fraction of sp³-hybridized carbons (Fsp3) is 0.125. The van der Waals surface area contributed by atoms with E-state index in [4.69, 9.17) is 9.47 Å². The number of esters is 2. The van der Waals surface area contributed by atoms with Crippen molar-refractivity contribution in [3.8, 4) is 0 Å². The van der Waals surface area contributed by atoms with Crippen LogP contribution in [0, 0.1) is 0 Å².